The van der Waals surface area contributed by atoms with Crippen LogP contribution >= 0.6 is 0 Å². The molecule has 0 fully saturated rings. The molecule has 0 heterocycles. The number of nitro groups is 1. The second-order valence-electron chi connectivity index (χ2n) is 6.89. The van der Waals surface area contributed by atoms with Crippen LogP contribution in [0.25, 0.3) is 0 Å². The Hall–Kier alpha value is -1.82. The lowest BCUT2D eigenvalue weighted by molar-refractivity contribution is -0.385. The number of rotatable bonds is 17. The summed E-state index contributed by atoms with van der Waals surface area (Å²) in [5.74, 6) is 0.0697. The number of benzene rings is 1. The van der Waals surface area contributed by atoms with Crippen LogP contribution in [0.3, 0.4) is 0 Å². The number of nitrogens with zero attached hydrogens (tertiary/aromatic N) is 3. The lowest BCUT2D eigenvalue weighted by atomic mass is 10.1. The Morgan fingerprint density at radius 2 is 1.13 bits per heavy atom. The zero-order valence-corrected chi connectivity index (χ0v) is 18.5. The van der Waals surface area contributed by atoms with E-state index in [0.29, 0.717) is 76.8 Å². The first kappa shape index (κ1) is 26.2. The van der Waals surface area contributed by atoms with Crippen molar-refractivity contribution in [2.24, 2.45) is 0 Å². The van der Waals surface area contributed by atoms with Crippen molar-refractivity contribution in [3.05, 3.63) is 33.4 Å². The van der Waals surface area contributed by atoms with Crippen LogP contribution in [-0.4, -0.2) is 101 Å². The summed E-state index contributed by atoms with van der Waals surface area (Å²) in [4.78, 5) is 15.1. The zero-order valence-electron chi connectivity index (χ0n) is 18.5. The largest absolute Gasteiger partial charge is 0.507 e. The fourth-order valence-electron chi connectivity index (χ4n) is 2.99. The quantitative estimate of drug-likeness (QED) is 0.291. The highest BCUT2D eigenvalue weighted by Crippen LogP contribution is 2.30. The van der Waals surface area contributed by atoms with E-state index in [1.54, 1.807) is 28.4 Å². The van der Waals surface area contributed by atoms with Crippen LogP contribution < -0.4 is 0 Å². The summed E-state index contributed by atoms with van der Waals surface area (Å²) in [5.41, 5.74) is 0.962. The normalized spacial score (nSPS) is 11.5. The molecule has 0 aliphatic heterocycles. The molecule has 172 valence electrons. The molecular weight excluding hydrogens is 394 g/mol. The highest BCUT2D eigenvalue weighted by Gasteiger charge is 2.20. The van der Waals surface area contributed by atoms with Crippen molar-refractivity contribution in [1.29, 1.82) is 0 Å². The summed E-state index contributed by atoms with van der Waals surface area (Å²) in [5, 5.41) is 22.4. The Labute approximate surface area is 178 Å². The number of hydrogen-bond donors (Lipinski definition) is 1. The van der Waals surface area contributed by atoms with E-state index in [1.807, 2.05) is 9.80 Å². The molecule has 1 aromatic rings. The van der Waals surface area contributed by atoms with Crippen LogP contribution in [0.4, 0.5) is 5.69 Å². The predicted octanol–water partition coefficient (Wildman–Crippen LogP) is 1.49. The fourth-order valence-corrected chi connectivity index (χ4v) is 2.99. The van der Waals surface area contributed by atoms with Gasteiger partial charge in [0.2, 0.25) is 0 Å². The van der Waals surface area contributed by atoms with E-state index < -0.39 is 4.92 Å². The molecule has 0 spiro atoms. The first-order chi connectivity index (χ1) is 14.5. The van der Waals surface area contributed by atoms with Crippen molar-refractivity contribution >= 4 is 5.69 Å². The highest BCUT2D eigenvalue weighted by molar-refractivity contribution is 5.49. The van der Waals surface area contributed by atoms with E-state index in [0.717, 1.165) is 0 Å². The molecule has 30 heavy (non-hydrogen) atoms. The van der Waals surface area contributed by atoms with Gasteiger partial charge in [0.25, 0.3) is 5.69 Å². The van der Waals surface area contributed by atoms with Gasteiger partial charge >= 0.3 is 0 Å². The van der Waals surface area contributed by atoms with Crippen LogP contribution in [-0.2, 0) is 32.0 Å². The number of ether oxygens (including phenoxy) is 4. The maximum atomic E-state index is 11.5. The second kappa shape index (κ2) is 15.1. The van der Waals surface area contributed by atoms with Crippen LogP contribution in [0.5, 0.6) is 5.75 Å². The molecule has 0 aliphatic rings. The fraction of sp³-hybridized carbons (Fsp3) is 0.700. The number of nitro benzene ring substituents is 1. The maximum absolute atomic E-state index is 11.5. The molecule has 1 N–H and O–H groups in total. The topological polar surface area (TPSA) is 107 Å². The number of phenols is 1. The van der Waals surface area contributed by atoms with Gasteiger partial charge in [-0.05, 0) is 0 Å². The molecule has 10 heteroatoms. The molecule has 1 aromatic carbocycles. The lowest BCUT2D eigenvalue weighted by Crippen LogP contribution is -2.31. The molecule has 0 aliphatic carbocycles. The lowest BCUT2D eigenvalue weighted by Gasteiger charge is -2.25. The van der Waals surface area contributed by atoms with Crippen molar-refractivity contribution in [1.82, 2.24) is 9.80 Å². The Kier molecular flexibility index (Phi) is 13.2. The van der Waals surface area contributed by atoms with Gasteiger partial charge in [-0.2, -0.15) is 0 Å². The third-order valence-electron chi connectivity index (χ3n) is 4.70. The second-order valence-corrected chi connectivity index (χ2v) is 6.89. The number of non-ortho nitro benzene ring substituents is 1. The average molecular weight is 430 g/mol. The van der Waals surface area contributed by atoms with Gasteiger partial charge in [0.1, 0.15) is 5.75 Å². The molecule has 0 aromatic heterocycles. The Morgan fingerprint density at radius 1 is 0.800 bits per heavy atom. The van der Waals surface area contributed by atoms with Crippen molar-refractivity contribution in [2.75, 3.05) is 81.0 Å². The minimum absolute atomic E-state index is 0.0466. The molecule has 0 saturated carbocycles. The molecule has 10 nitrogen and oxygen atoms in total. The van der Waals surface area contributed by atoms with Gasteiger partial charge in [0.15, 0.2) is 0 Å². The smallest absolute Gasteiger partial charge is 0.270 e. The van der Waals surface area contributed by atoms with Gasteiger partial charge in [-0.15, -0.1) is 0 Å². The highest BCUT2D eigenvalue weighted by atomic mass is 16.6. The van der Waals surface area contributed by atoms with E-state index in [2.05, 4.69) is 0 Å². The van der Waals surface area contributed by atoms with Gasteiger partial charge in [0, 0.05) is 91.0 Å². The van der Waals surface area contributed by atoms with E-state index in [1.165, 1.54) is 12.1 Å². The van der Waals surface area contributed by atoms with Gasteiger partial charge in [-0.25, -0.2) is 0 Å². The van der Waals surface area contributed by atoms with Gasteiger partial charge in [0.05, 0.1) is 31.4 Å². The monoisotopic (exact) mass is 429 g/mol. The minimum atomic E-state index is -0.435. The first-order valence-corrected chi connectivity index (χ1v) is 9.86. The molecule has 0 radical (unpaired) electrons. The molecule has 0 saturated heterocycles. The maximum Gasteiger partial charge on any atom is 0.270 e. The molecule has 0 amide bonds. The van der Waals surface area contributed by atoms with Gasteiger partial charge in [-0.1, -0.05) is 0 Å². The summed E-state index contributed by atoms with van der Waals surface area (Å²) < 4.78 is 20.6. The standard InChI is InChI=1S/C20H35N3O7/c1-27-9-5-21(6-10-28-2)15-17-13-19(23(25)26)14-18(20(17)24)16-22(7-11-29-3)8-12-30-4/h13-14,24H,5-12,15-16H2,1-4H3. The van der Waals surface area contributed by atoms with E-state index in [-0.39, 0.29) is 11.4 Å². The summed E-state index contributed by atoms with van der Waals surface area (Å²) in [7, 11) is 6.47. The number of methoxy groups -OCH3 is 4. The van der Waals surface area contributed by atoms with Crippen LogP contribution in [0, 0.1) is 10.1 Å². The van der Waals surface area contributed by atoms with E-state index >= 15 is 0 Å². The van der Waals surface area contributed by atoms with Crippen molar-refractivity contribution < 1.29 is 29.0 Å². The minimum Gasteiger partial charge on any atom is -0.507 e. The third-order valence-corrected chi connectivity index (χ3v) is 4.70. The zero-order chi connectivity index (χ0) is 22.4. The first-order valence-electron chi connectivity index (χ1n) is 9.86. The number of hydrogen-bond acceptors (Lipinski definition) is 9. The summed E-state index contributed by atoms with van der Waals surface area (Å²) in [6.45, 7) is 5.20. The molecule has 0 bridgehead atoms. The van der Waals surface area contributed by atoms with Crippen LogP contribution in [0.15, 0.2) is 12.1 Å². The van der Waals surface area contributed by atoms with Crippen molar-refractivity contribution in [3.8, 4) is 5.75 Å². The molecule has 1 rings (SSSR count). The Balaban J connectivity index is 3.13. The Bertz CT molecular complexity index is 571. The third kappa shape index (κ3) is 9.33. The summed E-state index contributed by atoms with van der Waals surface area (Å²) in [6, 6.07) is 2.86. The van der Waals surface area contributed by atoms with Gasteiger partial charge in [-0.3, -0.25) is 19.9 Å². The van der Waals surface area contributed by atoms with Gasteiger partial charge < -0.3 is 24.1 Å². The number of phenolic OH excluding ortho intramolecular Hbond substituents is 1. The summed E-state index contributed by atoms with van der Waals surface area (Å²) >= 11 is 0. The number of aromatic hydroxyl groups is 1. The van der Waals surface area contributed by atoms with Crippen molar-refractivity contribution in [2.45, 2.75) is 13.1 Å². The summed E-state index contributed by atoms with van der Waals surface area (Å²) in [6.07, 6.45) is 0. The van der Waals surface area contributed by atoms with Crippen LogP contribution in [0.1, 0.15) is 11.1 Å². The molecule has 0 unspecified atom stereocenters. The van der Waals surface area contributed by atoms with Crippen molar-refractivity contribution in [3.63, 3.8) is 0 Å². The predicted molar refractivity (Wildman–Crippen MR) is 113 cm³/mol. The van der Waals surface area contributed by atoms with E-state index in [9.17, 15) is 15.2 Å². The van der Waals surface area contributed by atoms with E-state index in [4.69, 9.17) is 18.9 Å². The Morgan fingerprint density at radius 3 is 1.40 bits per heavy atom. The molecular formula is C20H35N3O7. The SMILES string of the molecule is COCCN(CCOC)Cc1cc([N+](=O)[O-])cc(CN(CCOC)CCOC)c1O. The molecule has 0 atom stereocenters. The average Bonchev–Trinajstić information content (AvgIpc) is 2.73. The van der Waals surface area contributed by atoms with Crippen LogP contribution in [0.2, 0.25) is 0 Å².